The van der Waals surface area contributed by atoms with Crippen LogP contribution >= 0.6 is 0 Å². The third-order valence-corrected chi connectivity index (χ3v) is 5.71. The minimum absolute atomic E-state index is 0.0211. The van der Waals surface area contributed by atoms with Crippen LogP contribution in [0.15, 0.2) is 63.5 Å². The summed E-state index contributed by atoms with van der Waals surface area (Å²) in [6.07, 6.45) is 1.97. The fourth-order valence-corrected chi connectivity index (χ4v) is 3.93. The summed E-state index contributed by atoms with van der Waals surface area (Å²) in [5.41, 5.74) is 1.64. The lowest BCUT2D eigenvalue weighted by Crippen LogP contribution is -2.36. The van der Waals surface area contributed by atoms with Crippen LogP contribution in [-0.2, 0) is 0 Å². The van der Waals surface area contributed by atoms with E-state index < -0.39 is 0 Å². The topological polar surface area (TPSA) is 81.1 Å². The Morgan fingerprint density at radius 2 is 1.84 bits per heavy atom. The lowest BCUT2D eigenvalue weighted by molar-refractivity contribution is 0.128. The van der Waals surface area contributed by atoms with Crippen LogP contribution < -0.4 is 0 Å². The number of likely N-dealkylation sites (tertiary alicyclic amines) is 1. The maximum Gasteiger partial charge on any atom is 0.247 e. The smallest absolute Gasteiger partial charge is 0.247 e. The fraction of sp³-hybridized carbons (Fsp3) is 0.304. The van der Waals surface area contributed by atoms with E-state index in [9.17, 15) is 4.39 Å². The molecule has 0 saturated carbocycles. The second kappa shape index (κ2) is 8.39. The van der Waals surface area contributed by atoms with Gasteiger partial charge in [-0.25, -0.2) is 4.39 Å². The van der Waals surface area contributed by atoms with Crippen LogP contribution in [0.5, 0.6) is 0 Å². The first-order valence-corrected chi connectivity index (χ1v) is 10.4. The van der Waals surface area contributed by atoms with E-state index in [4.69, 9.17) is 8.94 Å². The highest BCUT2D eigenvalue weighted by Gasteiger charge is 2.31. The Morgan fingerprint density at radius 3 is 2.65 bits per heavy atom. The van der Waals surface area contributed by atoms with Crippen molar-refractivity contribution in [2.45, 2.75) is 31.7 Å². The summed E-state index contributed by atoms with van der Waals surface area (Å²) < 4.78 is 24.7. The summed E-state index contributed by atoms with van der Waals surface area (Å²) in [4.78, 5) is 6.87. The summed E-state index contributed by atoms with van der Waals surface area (Å²) in [5, 5.41) is 12.6. The minimum Gasteiger partial charge on any atom is -0.419 e. The predicted molar refractivity (Wildman–Crippen MR) is 111 cm³/mol. The molecule has 8 heteroatoms. The van der Waals surface area contributed by atoms with Crippen molar-refractivity contribution >= 4 is 0 Å². The van der Waals surface area contributed by atoms with Crippen molar-refractivity contribution in [2.75, 3.05) is 13.1 Å². The molecular formula is C23H22FN5O2. The lowest BCUT2D eigenvalue weighted by Gasteiger charge is -2.33. The summed E-state index contributed by atoms with van der Waals surface area (Å²) in [6.45, 7) is 3.76. The largest absolute Gasteiger partial charge is 0.419 e. The van der Waals surface area contributed by atoms with Gasteiger partial charge in [-0.2, -0.15) is 4.98 Å². The van der Waals surface area contributed by atoms with E-state index in [1.807, 2.05) is 30.3 Å². The van der Waals surface area contributed by atoms with Crippen LogP contribution in [0.1, 0.15) is 43.5 Å². The Labute approximate surface area is 178 Å². The standard InChI is InChI=1S/C23H22FN5O2/c1-15(21-26-27-23(30-21)17-6-3-2-4-7-17)29-13-5-8-18(14-29)22-25-20(28-31-22)16-9-11-19(24)12-10-16/h2-4,6-7,9-12,15,18H,5,8,13-14H2,1H3. The summed E-state index contributed by atoms with van der Waals surface area (Å²) in [6, 6.07) is 15.8. The summed E-state index contributed by atoms with van der Waals surface area (Å²) >= 11 is 0. The normalized spacial score (nSPS) is 18.2. The van der Waals surface area contributed by atoms with Gasteiger partial charge in [-0.15, -0.1) is 10.2 Å². The molecule has 0 radical (unpaired) electrons. The fourth-order valence-electron chi connectivity index (χ4n) is 3.93. The number of aromatic nitrogens is 4. The average molecular weight is 419 g/mol. The molecule has 2 unspecified atom stereocenters. The SMILES string of the molecule is CC(c1nnc(-c2ccccc2)o1)N1CCCC(c2nc(-c3ccc(F)cc3)no2)C1. The van der Waals surface area contributed by atoms with E-state index in [0.29, 0.717) is 23.5 Å². The molecule has 158 valence electrons. The maximum absolute atomic E-state index is 13.2. The van der Waals surface area contributed by atoms with Gasteiger partial charge in [-0.1, -0.05) is 23.4 Å². The molecule has 3 heterocycles. The van der Waals surface area contributed by atoms with Gasteiger partial charge in [-0.05, 0) is 62.7 Å². The van der Waals surface area contributed by atoms with Gasteiger partial charge in [0.1, 0.15) is 5.82 Å². The molecular weight excluding hydrogens is 397 g/mol. The van der Waals surface area contributed by atoms with Gasteiger partial charge < -0.3 is 8.94 Å². The van der Waals surface area contributed by atoms with Gasteiger partial charge in [0.25, 0.3) is 0 Å². The molecule has 0 N–H and O–H groups in total. The van der Waals surface area contributed by atoms with Crippen molar-refractivity contribution < 1.29 is 13.3 Å². The van der Waals surface area contributed by atoms with E-state index in [2.05, 4.69) is 32.2 Å². The predicted octanol–water partition coefficient (Wildman–Crippen LogP) is 4.87. The van der Waals surface area contributed by atoms with Gasteiger partial charge in [0.2, 0.25) is 23.5 Å². The highest BCUT2D eigenvalue weighted by Crippen LogP contribution is 2.32. The number of piperidine rings is 1. The molecule has 0 aliphatic carbocycles. The molecule has 1 aliphatic rings. The second-order valence-corrected chi connectivity index (χ2v) is 7.78. The first-order chi connectivity index (χ1) is 15.2. The molecule has 1 saturated heterocycles. The molecule has 0 bridgehead atoms. The highest BCUT2D eigenvalue weighted by atomic mass is 19.1. The molecule has 7 nitrogen and oxygen atoms in total. The molecule has 1 aliphatic heterocycles. The second-order valence-electron chi connectivity index (χ2n) is 7.78. The van der Waals surface area contributed by atoms with E-state index in [-0.39, 0.29) is 17.8 Å². The van der Waals surface area contributed by atoms with Crippen LogP contribution in [0.3, 0.4) is 0 Å². The van der Waals surface area contributed by atoms with E-state index in [1.54, 1.807) is 12.1 Å². The van der Waals surface area contributed by atoms with Gasteiger partial charge >= 0.3 is 0 Å². The van der Waals surface area contributed by atoms with Crippen LogP contribution in [-0.4, -0.2) is 38.3 Å². The highest BCUT2D eigenvalue weighted by molar-refractivity contribution is 5.54. The van der Waals surface area contributed by atoms with Crippen LogP contribution in [0.2, 0.25) is 0 Å². The van der Waals surface area contributed by atoms with Crippen molar-refractivity contribution in [1.29, 1.82) is 0 Å². The van der Waals surface area contributed by atoms with Gasteiger partial charge in [0, 0.05) is 17.7 Å². The number of benzene rings is 2. The minimum atomic E-state index is -0.291. The molecule has 0 spiro atoms. The molecule has 31 heavy (non-hydrogen) atoms. The average Bonchev–Trinajstić information content (AvgIpc) is 3.50. The zero-order chi connectivity index (χ0) is 21.2. The summed E-state index contributed by atoms with van der Waals surface area (Å²) in [7, 11) is 0. The Morgan fingerprint density at radius 1 is 1.03 bits per heavy atom. The first kappa shape index (κ1) is 19.6. The van der Waals surface area contributed by atoms with Crippen molar-refractivity contribution in [1.82, 2.24) is 25.2 Å². The zero-order valence-corrected chi connectivity index (χ0v) is 17.1. The molecule has 4 aromatic rings. The molecule has 2 atom stereocenters. The van der Waals surface area contributed by atoms with Gasteiger partial charge in [0.05, 0.1) is 12.0 Å². The summed E-state index contributed by atoms with van der Waals surface area (Å²) in [5.74, 6) is 2.03. The Hall–Kier alpha value is -3.39. The Bertz CT molecular complexity index is 1140. The monoisotopic (exact) mass is 419 g/mol. The van der Waals surface area contributed by atoms with E-state index >= 15 is 0 Å². The quantitative estimate of drug-likeness (QED) is 0.457. The van der Waals surface area contributed by atoms with E-state index in [0.717, 1.165) is 37.1 Å². The third kappa shape index (κ3) is 4.11. The number of hydrogen-bond acceptors (Lipinski definition) is 7. The van der Waals surface area contributed by atoms with Crippen LogP contribution in [0.4, 0.5) is 4.39 Å². The molecule has 2 aromatic heterocycles. The number of nitrogens with zero attached hydrogens (tertiary/aromatic N) is 5. The molecule has 0 amide bonds. The number of rotatable bonds is 5. The molecule has 2 aromatic carbocycles. The van der Waals surface area contributed by atoms with Gasteiger partial charge in [-0.3, -0.25) is 4.90 Å². The number of hydrogen-bond donors (Lipinski definition) is 0. The van der Waals surface area contributed by atoms with Crippen molar-refractivity contribution in [3.63, 3.8) is 0 Å². The Kier molecular flexibility index (Phi) is 5.30. The molecule has 1 fully saturated rings. The van der Waals surface area contributed by atoms with E-state index in [1.165, 1.54) is 12.1 Å². The van der Waals surface area contributed by atoms with Crippen molar-refractivity contribution in [3.8, 4) is 22.8 Å². The van der Waals surface area contributed by atoms with Crippen LogP contribution in [0, 0.1) is 5.82 Å². The lowest BCUT2D eigenvalue weighted by atomic mass is 9.96. The maximum atomic E-state index is 13.2. The first-order valence-electron chi connectivity index (χ1n) is 10.4. The third-order valence-electron chi connectivity index (χ3n) is 5.71. The van der Waals surface area contributed by atoms with Crippen molar-refractivity contribution in [3.05, 3.63) is 72.2 Å². The molecule has 5 rings (SSSR count). The van der Waals surface area contributed by atoms with Crippen LogP contribution in [0.25, 0.3) is 22.8 Å². The Balaban J connectivity index is 1.29. The van der Waals surface area contributed by atoms with Gasteiger partial charge in [0.15, 0.2) is 0 Å². The van der Waals surface area contributed by atoms with Crippen molar-refractivity contribution in [2.24, 2.45) is 0 Å². The number of halogens is 1. The zero-order valence-electron chi connectivity index (χ0n) is 17.1.